The summed E-state index contributed by atoms with van der Waals surface area (Å²) in [5.74, 6) is 0.882. The Balaban J connectivity index is 1.55. The van der Waals surface area contributed by atoms with Crippen molar-refractivity contribution in [1.29, 1.82) is 0 Å². The quantitative estimate of drug-likeness (QED) is 0.538. The molecule has 0 radical (unpaired) electrons. The molecule has 0 atom stereocenters. The number of aromatic nitrogens is 3. The Hall–Kier alpha value is -4.08. The van der Waals surface area contributed by atoms with Crippen LogP contribution in [0.25, 0.3) is 0 Å². The molecule has 3 aromatic rings. The lowest BCUT2D eigenvalue weighted by molar-refractivity contribution is 0.0950. The highest BCUT2D eigenvalue weighted by Gasteiger charge is 2.14. The van der Waals surface area contributed by atoms with E-state index in [0.29, 0.717) is 35.0 Å². The van der Waals surface area contributed by atoms with Crippen molar-refractivity contribution in [2.24, 2.45) is 0 Å². The molecule has 0 fully saturated rings. The minimum Gasteiger partial charge on any atom is -0.497 e. The molecule has 3 rings (SSSR count). The summed E-state index contributed by atoms with van der Waals surface area (Å²) in [6, 6.07) is 12.0. The van der Waals surface area contributed by atoms with Crippen LogP contribution in [-0.2, 0) is 6.54 Å². The Morgan fingerprint density at radius 1 is 0.968 bits per heavy atom. The topological polar surface area (TPSA) is 117 Å². The van der Waals surface area contributed by atoms with Gasteiger partial charge in [-0.25, -0.2) is 4.68 Å². The minimum absolute atomic E-state index is 0.148. The third kappa shape index (κ3) is 5.50. The van der Waals surface area contributed by atoms with Crippen LogP contribution in [0.3, 0.4) is 0 Å². The van der Waals surface area contributed by atoms with Crippen molar-refractivity contribution in [2.45, 2.75) is 6.54 Å². The van der Waals surface area contributed by atoms with E-state index in [9.17, 15) is 9.59 Å². The van der Waals surface area contributed by atoms with Crippen molar-refractivity contribution in [2.75, 3.05) is 33.2 Å². The van der Waals surface area contributed by atoms with E-state index in [1.807, 2.05) is 0 Å². The number of rotatable bonds is 9. The standard InChI is InChI=1S/C21H23N5O5/c1-29-15-10-14(11-16(12-15)30-2)20(27)22-8-9-26-13-18(24-25-26)21(28)23-17-6-4-5-7-19(17)31-3/h4-7,10-13H,8-9H2,1-3H3,(H,22,27)(H,23,28). The molecule has 10 heteroatoms. The molecule has 0 aliphatic carbocycles. The van der Waals surface area contributed by atoms with Gasteiger partial charge in [-0.3, -0.25) is 9.59 Å². The van der Waals surface area contributed by atoms with E-state index in [4.69, 9.17) is 14.2 Å². The fraction of sp³-hybridized carbons (Fsp3) is 0.238. The fourth-order valence-corrected chi connectivity index (χ4v) is 2.77. The summed E-state index contributed by atoms with van der Waals surface area (Å²) < 4.78 is 17.0. The fourth-order valence-electron chi connectivity index (χ4n) is 2.77. The number of carbonyl (C=O) groups excluding carboxylic acids is 2. The van der Waals surface area contributed by atoms with Crippen molar-refractivity contribution in [3.8, 4) is 17.2 Å². The number of amides is 2. The molecule has 2 N–H and O–H groups in total. The molecular weight excluding hydrogens is 402 g/mol. The highest BCUT2D eigenvalue weighted by atomic mass is 16.5. The molecule has 0 aliphatic rings. The Morgan fingerprint density at radius 2 is 1.68 bits per heavy atom. The number of para-hydroxylation sites is 2. The third-order valence-electron chi connectivity index (χ3n) is 4.37. The molecule has 2 aromatic carbocycles. The van der Waals surface area contributed by atoms with Crippen molar-refractivity contribution >= 4 is 17.5 Å². The van der Waals surface area contributed by atoms with Gasteiger partial charge in [-0.2, -0.15) is 0 Å². The summed E-state index contributed by atoms with van der Waals surface area (Å²) in [5.41, 5.74) is 1.09. The Morgan fingerprint density at radius 3 is 2.35 bits per heavy atom. The average Bonchev–Trinajstić information content (AvgIpc) is 3.28. The van der Waals surface area contributed by atoms with E-state index in [1.165, 1.54) is 32.2 Å². The van der Waals surface area contributed by atoms with Crippen LogP contribution in [0.1, 0.15) is 20.8 Å². The van der Waals surface area contributed by atoms with Gasteiger partial charge in [0.1, 0.15) is 17.2 Å². The number of carbonyl (C=O) groups is 2. The van der Waals surface area contributed by atoms with Crippen molar-refractivity contribution in [3.63, 3.8) is 0 Å². The molecule has 0 spiro atoms. The third-order valence-corrected chi connectivity index (χ3v) is 4.37. The Kier molecular flexibility index (Phi) is 7.05. The first-order valence-electron chi connectivity index (χ1n) is 9.40. The molecular formula is C21H23N5O5. The maximum atomic E-state index is 12.4. The molecule has 162 valence electrons. The smallest absolute Gasteiger partial charge is 0.277 e. The summed E-state index contributed by atoms with van der Waals surface area (Å²) in [6.07, 6.45) is 1.51. The van der Waals surface area contributed by atoms with E-state index >= 15 is 0 Å². The molecule has 0 bridgehead atoms. The second kappa shape index (κ2) is 10.1. The van der Waals surface area contributed by atoms with Crippen molar-refractivity contribution in [1.82, 2.24) is 20.3 Å². The Labute approximate surface area is 179 Å². The van der Waals surface area contributed by atoms with Crippen LogP contribution < -0.4 is 24.8 Å². The van der Waals surface area contributed by atoms with Crippen LogP contribution in [0.4, 0.5) is 5.69 Å². The Bertz CT molecular complexity index is 1040. The lowest BCUT2D eigenvalue weighted by Gasteiger charge is -2.09. The first-order valence-corrected chi connectivity index (χ1v) is 9.40. The predicted molar refractivity (Wildman–Crippen MR) is 113 cm³/mol. The van der Waals surface area contributed by atoms with Gasteiger partial charge < -0.3 is 24.8 Å². The van der Waals surface area contributed by atoms with Crippen LogP contribution in [0.2, 0.25) is 0 Å². The number of hydrogen-bond donors (Lipinski definition) is 2. The van der Waals surface area contributed by atoms with E-state index < -0.39 is 5.91 Å². The average molecular weight is 425 g/mol. The zero-order valence-electron chi connectivity index (χ0n) is 17.4. The summed E-state index contributed by atoms with van der Waals surface area (Å²) in [5, 5.41) is 13.3. The zero-order chi connectivity index (χ0) is 22.2. The summed E-state index contributed by atoms with van der Waals surface area (Å²) >= 11 is 0. The first kappa shape index (κ1) is 21.6. The summed E-state index contributed by atoms with van der Waals surface area (Å²) in [4.78, 5) is 24.8. The lowest BCUT2D eigenvalue weighted by atomic mass is 10.2. The minimum atomic E-state index is -0.414. The normalized spacial score (nSPS) is 10.3. The second-order valence-electron chi connectivity index (χ2n) is 6.38. The lowest BCUT2D eigenvalue weighted by Crippen LogP contribution is -2.27. The number of anilines is 1. The number of nitrogens with zero attached hydrogens (tertiary/aromatic N) is 3. The van der Waals surface area contributed by atoms with E-state index in [1.54, 1.807) is 42.5 Å². The largest absolute Gasteiger partial charge is 0.497 e. The summed E-state index contributed by atoms with van der Waals surface area (Å²) in [7, 11) is 4.56. The van der Waals surface area contributed by atoms with Gasteiger partial charge in [0.2, 0.25) is 0 Å². The van der Waals surface area contributed by atoms with E-state index in [0.717, 1.165) is 0 Å². The highest BCUT2D eigenvalue weighted by molar-refractivity contribution is 6.03. The van der Waals surface area contributed by atoms with Crippen LogP contribution in [0.15, 0.2) is 48.7 Å². The van der Waals surface area contributed by atoms with Gasteiger partial charge in [0.05, 0.1) is 39.8 Å². The van der Waals surface area contributed by atoms with Crippen LogP contribution in [0.5, 0.6) is 17.2 Å². The summed E-state index contributed by atoms with van der Waals surface area (Å²) in [6.45, 7) is 0.622. The maximum absolute atomic E-state index is 12.4. The van der Waals surface area contributed by atoms with Crippen molar-refractivity contribution in [3.05, 3.63) is 59.9 Å². The van der Waals surface area contributed by atoms with E-state index in [2.05, 4.69) is 20.9 Å². The highest BCUT2D eigenvalue weighted by Crippen LogP contribution is 2.24. The molecule has 0 unspecified atom stereocenters. The molecule has 0 saturated carbocycles. The number of benzene rings is 2. The number of methoxy groups -OCH3 is 3. The molecule has 10 nitrogen and oxygen atoms in total. The van der Waals surface area contributed by atoms with Crippen molar-refractivity contribution < 1.29 is 23.8 Å². The van der Waals surface area contributed by atoms with Gasteiger partial charge in [-0.15, -0.1) is 5.10 Å². The second-order valence-corrected chi connectivity index (χ2v) is 6.38. The molecule has 31 heavy (non-hydrogen) atoms. The molecule has 0 aliphatic heterocycles. The SMILES string of the molecule is COc1cc(OC)cc(C(=O)NCCn2cc(C(=O)Nc3ccccc3OC)nn2)c1. The van der Waals surface area contributed by atoms with Crippen LogP contribution >= 0.6 is 0 Å². The molecule has 0 saturated heterocycles. The molecule has 1 aromatic heterocycles. The van der Waals surface area contributed by atoms with Gasteiger partial charge in [0, 0.05) is 18.2 Å². The van der Waals surface area contributed by atoms with Gasteiger partial charge in [0.25, 0.3) is 11.8 Å². The predicted octanol–water partition coefficient (Wildman–Crippen LogP) is 1.99. The van der Waals surface area contributed by atoms with Gasteiger partial charge >= 0.3 is 0 Å². The van der Waals surface area contributed by atoms with E-state index in [-0.39, 0.29) is 18.1 Å². The van der Waals surface area contributed by atoms with Gasteiger partial charge in [0.15, 0.2) is 5.69 Å². The molecule has 2 amide bonds. The molecule has 1 heterocycles. The first-order chi connectivity index (χ1) is 15.0. The number of ether oxygens (including phenoxy) is 3. The van der Waals surface area contributed by atoms with Crippen LogP contribution in [0, 0.1) is 0 Å². The van der Waals surface area contributed by atoms with Gasteiger partial charge in [-0.05, 0) is 24.3 Å². The number of hydrogen-bond acceptors (Lipinski definition) is 7. The van der Waals surface area contributed by atoms with Crippen LogP contribution in [-0.4, -0.2) is 54.7 Å². The maximum Gasteiger partial charge on any atom is 0.277 e. The monoisotopic (exact) mass is 425 g/mol. The van der Waals surface area contributed by atoms with Gasteiger partial charge in [-0.1, -0.05) is 17.3 Å². The zero-order valence-corrected chi connectivity index (χ0v) is 17.4. The number of nitrogens with one attached hydrogen (secondary N) is 2.